The van der Waals surface area contributed by atoms with Crippen molar-refractivity contribution in [3.63, 3.8) is 0 Å². The Labute approximate surface area is 108 Å². The van der Waals surface area contributed by atoms with Crippen molar-refractivity contribution in [2.45, 2.75) is 25.7 Å². The third kappa shape index (κ3) is 5.27. The predicted octanol–water partition coefficient (Wildman–Crippen LogP) is 2.05. The number of carbonyl (C=O) groups is 1. The van der Waals surface area contributed by atoms with Gasteiger partial charge >= 0.3 is 6.18 Å². The Bertz CT molecular complexity index is 435. The highest BCUT2D eigenvalue weighted by Crippen LogP contribution is 2.22. The molecule has 1 unspecified atom stereocenters. The minimum absolute atomic E-state index is 0.311. The maximum Gasteiger partial charge on any atom is 0.414 e. The number of halogens is 3. The Morgan fingerprint density at radius 1 is 1.47 bits per heavy atom. The van der Waals surface area contributed by atoms with Gasteiger partial charge in [-0.05, 0) is 24.6 Å². The molecule has 1 atom stereocenters. The Morgan fingerprint density at radius 3 is 2.74 bits per heavy atom. The van der Waals surface area contributed by atoms with Crippen molar-refractivity contribution >= 4 is 11.6 Å². The fourth-order valence-corrected chi connectivity index (χ4v) is 1.27. The topological polar surface area (TPSA) is 64.3 Å². The van der Waals surface area contributed by atoms with Crippen molar-refractivity contribution in [3.05, 3.63) is 29.8 Å². The molecule has 0 saturated heterocycles. The zero-order valence-corrected chi connectivity index (χ0v) is 10.3. The van der Waals surface area contributed by atoms with Crippen LogP contribution in [-0.4, -0.2) is 24.8 Å². The average Bonchev–Trinajstić information content (AvgIpc) is 2.35. The average molecular weight is 276 g/mol. The second kappa shape index (κ2) is 6.53. The van der Waals surface area contributed by atoms with Crippen molar-refractivity contribution in [3.8, 4) is 0 Å². The van der Waals surface area contributed by atoms with Gasteiger partial charge in [0.1, 0.15) is 6.61 Å². The first-order valence-electron chi connectivity index (χ1n) is 5.60. The molecule has 1 aromatic carbocycles. The third-order valence-electron chi connectivity index (χ3n) is 2.37. The van der Waals surface area contributed by atoms with Crippen molar-refractivity contribution in [2.24, 2.45) is 5.73 Å². The molecule has 4 nitrogen and oxygen atoms in total. The zero-order valence-electron chi connectivity index (χ0n) is 10.3. The second-order valence-corrected chi connectivity index (χ2v) is 3.95. The van der Waals surface area contributed by atoms with Crippen LogP contribution in [-0.2, 0) is 16.1 Å². The molecule has 0 aliphatic carbocycles. The van der Waals surface area contributed by atoms with Crippen molar-refractivity contribution in [2.75, 3.05) is 11.9 Å². The lowest BCUT2D eigenvalue weighted by Gasteiger charge is -2.16. The lowest BCUT2D eigenvalue weighted by molar-refractivity contribution is -0.213. The van der Waals surface area contributed by atoms with Crippen molar-refractivity contribution in [1.82, 2.24) is 0 Å². The number of hydrogen-bond donors (Lipinski definition) is 2. The van der Waals surface area contributed by atoms with Crippen molar-refractivity contribution < 1.29 is 22.7 Å². The molecule has 0 aromatic heterocycles. The van der Waals surface area contributed by atoms with Crippen LogP contribution in [0.15, 0.2) is 24.3 Å². The first-order chi connectivity index (χ1) is 8.82. The van der Waals surface area contributed by atoms with E-state index >= 15 is 0 Å². The van der Waals surface area contributed by atoms with Gasteiger partial charge < -0.3 is 15.8 Å². The number of benzene rings is 1. The van der Waals surface area contributed by atoms with Gasteiger partial charge in [-0.25, -0.2) is 0 Å². The van der Waals surface area contributed by atoms with E-state index in [2.05, 4.69) is 10.1 Å². The van der Waals surface area contributed by atoms with E-state index in [1.807, 2.05) is 0 Å². The number of amides is 1. The summed E-state index contributed by atoms with van der Waals surface area (Å²) in [4.78, 5) is 11.4. The highest BCUT2D eigenvalue weighted by atomic mass is 19.4. The van der Waals surface area contributed by atoms with Gasteiger partial charge in [-0.15, -0.1) is 0 Å². The van der Waals surface area contributed by atoms with E-state index in [0.717, 1.165) is 12.5 Å². The van der Waals surface area contributed by atoms with Crippen LogP contribution in [0.1, 0.15) is 12.5 Å². The summed E-state index contributed by atoms with van der Waals surface area (Å²) in [5.41, 5.74) is 6.71. The quantitative estimate of drug-likeness (QED) is 0.865. The van der Waals surface area contributed by atoms with E-state index in [1.54, 1.807) is 24.3 Å². The second-order valence-electron chi connectivity index (χ2n) is 3.95. The van der Waals surface area contributed by atoms with Crippen LogP contribution in [0.2, 0.25) is 0 Å². The fraction of sp³-hybridized carbons (Fsp3) is 0.417. The summed E-state index contributed by atoms with van der Waals surface area (Å²) in [6.45, 7) is 0.501. The SMILES string of the molecule is CC(OCC(=O)Nc1cccc(CN)c1)C(F)(F)F. The number of nitrogens with one attached hydrogen (secondary N) is 1. The molecule has 0 aliphatic heterocycles. The lowest BCUT2D eigenvalue weighted by atomic mass is 10.2. The summed E-state index contributed by atoms with van der Waals surface area (Å²) in [7, 11) is 0. The number of ether oxygens (including phenoxy) is 1. The third-order valence-corrected chi connectivity index (χ3v) is 2.37. The fourth-order valence-electron chi connectivity index (χ4n) is 1.27. The Morgan fingerprint density at radius 2 is 2.16 bits per heavy atom. The lowest BCUT2D eigenvalue weighted by Crippen LogP contribution is -2.32. The van der Waals surface area contributed by atoms with Crippen LogP contribution in [0.25, 0.3) is 0 Å². The molecule has 1 rings (SSSR count). The first kappa shape index (κ1) is 15.5. The number of nitrogens with two attached hydrogens (primary N) is 1. The summed E-state index contributed by atoms with van der Waals surface area (Å²) >= 11 is 0. The van der Waals surface area contributed by atoms with E-state index in [9.17, 15) is 18.0 Å². The van der Waals surface area contributed by atoms with E-state index in [4.69, 9.17) is 5.73 Å². The highest BCUT2D eigenvalue weighted by Gasteiger charge is 2.37. The number of carbonyl (C=O) groups excluding carboxylic acids is 1. The van der Waals surface area contributed by atoms with Crippen molar-refractivity contribution in [1.29, 1.82) is 0 Å². The molecular formula is C12H15F3N2O2. The van der Waals surface area contributed by atoms with Crippen LogP contribution in [0, 0.1) is 0 Å². The van der Waals surface area contributed by atoms with Crippen LogP contribution < -0.4 is 11.1 Å². The molecule has 0 radical (unpaired) electrons. The molecule has 3 N–H and O–H groups in total. The van der Waals surface area contributed by atoms with Gasteiger partial charge in [0.25, 0.3) is 0 Å². The monoisotopic (exact) mass is 276 g/mol. The summed E-state index contributed by atoms with van der Waals surface area (Å²) in [5, 5.41) is 2.44. The zero-order chi connectivity index (χ0) is 14.5. The summed E-state index contributed by atoms with van der Waals surface area (Å²) in [6.07, 6.45) is -6.45. The number of hydrogen-bond acceptors (Lipinski definition) is 3. The highest BCUT2D eigenvalue weighted by molar-refractivity contribution is 5.91. The molecule has 0 heterocycles. The van der Waals surface area contributed by atoms with Gasteiger partial charge in [0.15, 0.2) is 6.10 Å². The van der Waals surface area contributed by atoms with Crippen LogP contribution >= 0.6 is 0 Å². The molecule has 7 heteroatoms. The van der Waals surface area contributed by atoms with Crippen LogP contribution in [0.4, 0.5) is 18.9 Å². The Kier molecular flexibility index (Phi) is 5.31. The standard InChI is InChI=1S/C12H15F3N2O2/c1-8(12(13,14)15)19-7-11(18)17-10-4-2-3-9(5-10)6-16/h2-5,8H,6-7,16H2,1H3,(H,17,18). The van der Waals surface area contributed by atoms with Gasteiger partial charge in [-0.3, -0.25) is 4.79 Å². The minimum Gasteiger partial charge on any atom is -0.359 e. The first-order valence-corrected chi connectivity index (χ1v) is 5.60. The van der Waals surface area contributed by atoms with Gasteiger partial charge in [0.2, 0.25) is 5.91 Å². The number of rotatable bonds is 5. The number of anilines is 1. The molecule has 106 valence electrons. The van der Waals surface area contributed by atoms with Gasteiger partial charge in [-0.1, -0.05) is 12.1 Å². The van der Waals surface area contributed by atoms with E-state index in [0.29, 0.717) is 12.2 Å². The largest absolute Gasteiger partial charge is 0.414 e. The maximum atomic E-state index is 12.2. The van der Waals surface area contributed by atoms with E-state index < -0.39 is 24.8 Å². The minimum atomic E-state index is -4.47. The number of alkyl halides is 3. The van der Waals surface area contributed by atoms with Crippen LogP contribution in [0.5, 0.6) is 0 Å². The van der Waals surface area contributed by atoms with E-state index in [1.165, 1.54) is 0 Å². The smallest absolute Gasteiger partial charge is 0.359 e. The summed E-state index contributed by atoms with van der Waals surface area (Å²) < 4.78 is 40.9. The van der Waals surface area contributed by atoms with Gasteiger partial charge in [0.05, 0.1) is 0 Å². The predicted molar refractivity (Wildman–Crippen MR) is 64.4 cm³/mol. The summed E-state index contributed by atoms with van der Waals surface area (Å²) in [6, 6.07) is 6.73. The molecule has 0 bridgehead atoms. The van der Waals surface area contributed by atoms with Crippen LogP contribution in [0.3, 0.4) is 0 Å². The molecule has 0 aliphatic rings. The molecule has 0 saturated carbocycles. The molecular weight excluding hydrogens is 261 g/mol. The molecule has 0 fully saturated rings. The van der Waals surface area contributed by atoms with Gasteiger partial charge in [-0.2, -0.15) is 13.2 Å². The molecule has 1 amide bonds. The van der Waals surface area contributed by atoms with E-state index in [-0.39, 0.29) is 0 Å². The summed E-state index contributed by atoms with van der Waals surface area (Å²) in [5.74, 6) is -0.648. The normalized spacial score (nSPS) is 13.1. The Hall–Kier alpha value is -1.60. The maximum absolute atomic E-state index is 12.2. The molecule has 0 spiro atoms. The molecule has 1 aromatic rings. The van der Waals surface area contributed by atoms with Gasteiger partial charge in [0, 0.05) is 12.2 Å². The Balaban J connectivity index is 2.47. The molecule has 19 heavy (non-hydrogen) atoms.